The van der Waals surface area contributed by atoms with Gasteiger partial charge in [0, 0.05) is 20.1 Å². The van der Waals surface area contributed by atoms with Crippen molar-refractivity contribution in [2.75, 3.05) is 26.8 Å². The van der Waals surface area contributed by atoms with Crippen LogP contribution in [0, 0.1) is 0 Å². The zero-order chi connectivity index (χ0) is 14.5. The highest BCUT2D eigenvalue weighted by atomic mass is 19.4. The molecule has 0 aromatic heterocycles. The molecule has 0 radical (unpaired) electrons. The van der Waals surface area contributed by atoms with Crippen molar-refractivity contribution in [2.45, 2.75) is 31.5 Å². The molecular weight excluding hydrogens is 265 g/mol. The molecule has 2 amide bonds. The second-order valence-electron chi connectivity index (χ2n) is 4.36. The minimum Gasteiger partial charge on any atom is -0.372 e. The molecule has 1 aliphatic rings. The molecular formula is C11H17F3N2O3. The van der Waals surface area contributed by atoms with Crippen LogP contribution in [0.3, 0.4) is 0 Å². The topological polar surface area (TPSA) is 58.6 Å². The highest BCUT2D eigenvalue weighted by molar-refractivity contribution is 6.00. The average molecular weight is 282 g/mol. The molecule has 0 aliphatic carbocycles. The third kappa shape index (κ3) is 5.56. The number of hydrogen-bond acceptors (Lipinski definition) is 4. The second-order valence-corrected chi connectivity index (χ2v) is 4.36. The molecule has 0 spiro atoms. The zero-order valence-electron chi connectivity index (χ0n) is 10.6. The molecule has 5 nitrogen and oxygen atoms in total. The second kappa shape index (κ2) is 6.85. The number of rotatable bonds is 6. The van der Waals surface area contributed by atoms with Crippen LogP contribution in [0.15, 0.2) is 0 Å². The number of carbonyl (C=O) groups is 2. The Morgan fingerprint density at radius 2 is 2.11 bits per heavy atom. The third-order valence-electron chi connectivity index (χ3n) is 2.77. The molecule has 1 rings (SSSR count). The maximum Gasteiger partial charge on any atom is 0.411 e. The Balaban J connectivity index is 2.13. The van der Waals surface area contributed by atoms with Gasteiger partial charge in [-0.15, -0.1) is 0 Å². The van der Waals surface area contributed by atoms with E-state index in [0.717, 1.165) is 4.90 Å². The van der Waals surface area contributed by atoms with Crippen LogP contribution in [0.25, 0.3) is 0 Å². The van der Waals surface area contributed by atoms with E-state index in [1.807, 2.05) is 0 Å². The van der Waals surface area contributed by atoms with Crippen molar-refractivity contribution in [3.63, 3.8) is 0 Å². The number of carbonyl (C=O) groups excluding carboxylic acids is 2. The summed E-state index contributed by atoms with van der Waals surface area (Å²) in [6.07, 6.45) is -3.22. The Kier molecular flexibility index (Phi) is 5.74. The van der Waals surface area contributed by atoms with Gasteiger partial charge < -0.3 is 10.1 Å². The number of piperidine rings is 1. The highest BCUT2D eigenvalue weighted by Gasteiger charge is 2.31. The molecule has 1 N–H and O–H groups in total. The summed E-state index contributed by atoms with van der Waals surface area (Å²) in [5.74, 6) is -0.510. The summed E-state index contributed by atoms with van der Waals surface area (Å²) in [5.41, 5.74) is 0. The number of hydrogen-bond donors (Lipinski definition) is 1. The molecule has 0 saturated carbocycles. The summed E-state index contributed by atoms with van der Waals surface area (Å²) in [7, 11) is 1.42. The Bertz CT molecular complexity index is 334. The van der Waals surface area contributed by atoms with Crippen LogP contribution in [0.4, 0.5) is 13.2 Å². The van der Waals surface area contributed by atoms with Crippen LogP contribution in [0.5, 0.6) is 0 Å². The summed E-state index contributed by atoms with van der Waals surface area (Å²) in [6.45, 7) is -0.912. The van der Waals surface area contributed by atoms with Crippen molar-refractivity contribution in [1.29, 1.82) is 0 Å². The summed E-state index contributed by atoms with van der Waals surface area (Å²) in [5, 5.41) is 2.92. The lowest BCUT2D eigenvalue weighted by atomic mass is 10.0. The van der Waals surface area contributed by atoms with E-state index >= 15 is 0 Å². The predicted octanol–water partition coefficient (Wildman–Crippen LogP) is 0.692. The van der Waals surface area contributed by atoms with Gasteiger partial charge in [0.25, 0.3) is 0 Å². The first kappa shape index (κ1) is 15.9. The van der Waals surface area contributed by atoms with Gasteiger partial charge in [0.05, 0.1) is 6.04 Å². The lowest BCUT2D eigenvalue weighted by Gasteiger charge is -2.28. The van der Waals surface area contributed by atoms with E-state index in [-0.39, 0.29) is 18.4 Å². The minimum absolute atomic E-state index is 0.0256. The van der Waals surface area contributed by atoms with E-state index in [9.17, 15) is 22.8 Å². The number of alkyl halides is 3. The maximum absolute atomic E-state index is 11.8. The first-order valence-corrected chi connectivity index (χ1v) is 5.99. The Morgan fingerprint density at radius 3 is 2.74 bits per heavy atom. The summed E-state index contributed by atoms with van der Waals surface area (Å²) >= 11 is 0. The SMILES string of the molecule is CN1C(=O)CCC(NCCCOCC(F)(F)F)C1=O. The number of imide groups is 1. The fourth-order valence-electron chi connectivity index (χ4n) is 1.74. The van der Waals surface area contributed by atoms with Gasteiger partial charge in [-0.2, -0.15) is 13.2 Å². The lowest BCUT2D eigenvalue weighted by Crippen LogP contribution is -2.51. The molecule has 1 atom stereocenters. The van der Waals surface area contributed by atoms with Crippen molar-refractivity contribution in [3.8, 4) is 0 Å². The lowest BCUT2D eigenvalue weighted by molar-refractivity contribution is -0.173. The molecule has 1 saturated heterocycles. The smallest absolute Gasteiger partial charge is 0.372 e. The number of halogens is 3. The Hall–Kier alpha value is -1.15. The maximum atomic E-state index is 11.8. The largest absolute Gasteiger partial charge is 0.411 e. The van der Waals surface area contributed by atoms with Gasteiger partial charge in [0.2, 0.25) is 11.8 Å². The summed E-state index contributed by atoms with van der Waals surface area (Å²) < 4.78 is 39.7. The molecule has 1 aliphatic heterocycles. The summed E-state index contributed by atoms with van der Waals surface area (Å²) in [6, 6.07) is -0.440. The van der Waals surface area contributed by atoms with E-state index < -0.39 is 18.8 Å². The molecule has 1 fully saturated rings. The Labute approximate surface area is 109 Å². The number of nitrogens with zero attached hydrogens (tertiary/aromatic N) is 1. The molecule has 110 valence electrons. The number of amides is 2. The van der Waals surface area contributed by atoms with Crippen LogP contribution in [-0.4, -0.2) is 55.7 Å². The van der Waals surface area contributed by atoms with Crippen LogP contribution in [0.1, 0.15) is 19.3 Å². The number of nitrogens with one attached hydrogen (secondary N) is 1. The van der Waals surface area contributed by atoms with Crippen molar-refractivity contribution in [1.82, 2.24) is 10.2 Å². The van der Waals surface area contributed by atoms with Crippen LogP contribution >= 0.6 is 0 Å². The quantitative estimate of drug-likeness (QED) is 0.575. The fourth-order valence-corrected chi connectivity index (χ4v) is 1.74. The monoisotopic (exact) mass is 282 g/mol. The van der Waals surface area contributed by atoms with Gasteiger partial charge in [-0.25, -0.2) is 0 Å². The zero-order valence-corrected chi connectivity index (χ0v) is 10.6. The van der Waals surface area contributed by atoms with Crippen molar-refractivity contribution in [3.05, 3.63) is 0 Å². The summed E-state index contributed by atoms with van der Waals surface area (Å²) in [4.78, 5) is 23.9. The number of likely N-dealkylation sites (tertiary alicyclic amines) is 1. The minimum atomic E-state index is -4.31. The van der Waals surface area contributed by atoms with Gasteiger partial charge in [0.15, 0.2) is 0 Å². The first-order chi connectivity index (χ1) is 8.81. The van der Waals surface area contributed by atoms with Crippen molar-refractivity contribution in [2.24, 2.45) is 0 Å². The van der Waals surface area contributed by atoms with E-state index in [1.54, 1.807) is 0 Å². The molecule has 0 aromatic carbocycles. The molecule has 1 unspecified atom stereocenters. The van der Waals surface area contributed by atoms with E-state index in [4.69, 9.17) is 0 Å². The van der Waals surface area contributed by atoms with Crippen molar-refractivity contribution < 1.29 is 27.5 Å². The molecule has 0 aromatic rings. The van der Waals surface area contributed by atoms with Crippen LogP contribution in [0.2, 0.25) is 0 Å². The van der Waals surface area contributed by atoms with Gasteiger partial charge in [-0.3, -0.25) is 14.5 Å². The number of likely N-dealkylation sites (N-methyl/N-ethyl adjacent to an activating group) is 1. The van der Waals surface area contributed by atoms with Crippen LogP contribution in [-0.2, 0) is 14.3 Å². The average Bonchev–Trinajstić information content (AvgIpc) is 2.32. The first-order valence-electron chi connectivity index (χ1n) is 5.99. The molecule has 19 heavy (non-hydrogen) atoms. The number of ether oxygens (including phenoxy) is 1. The molecule has 1 heterocycles. The van der Waals surface area contributed by atoms with Gasteiger partial charge in [-0.1, -0.05) is 0 Å². The predicted molar refractivity (Wildman–Crippen MR) is 60.3 cm³/mol. The van der Waals surface area contributed by atoms with Crippen molar-refractivity contribution >= 4 is 11.8 Å². The fraction of sp³-hybridized carbons (Fsp3) is 0.818. The molecule has 8 heteroatoms. The van der Waals surface area contributed by atoms with E-state index in [1.165, 1.54) is 7.05 Å². The molecule has 0 bridgehead atoms. The van der Waals surface area contributed by atoms with Gasteiger partial charge in [0.1, 0.15) is 6.61 Å². The van der Waals surface area contributed by atoms with Gasteiger partial charge >= 0.3 is 6.18 Å². The van der Waals surface area contributed by atoms with Crippen LogP contribution < -0.4 is 5.32 Å². The van der Waals surface area contributed by atoms with E-state index in [0.29, 0.717) is 25.8 Å². The standard InChI is InChI=1S/C11H17F3N2O3/c1-16-9(17)4-3-8(10(16)18)15-5-2-6-19-7-11(12,13)14/h8,15H,2-7H2,1H3. The normalized spacial score (nSPS) is 21.1. The Morgan fingerprint density at radius 1 is 1.42 bits per heavy atom. The highest BCUT2D eigenvalue weighted by Crippen LogP contribution is 2.14. The third-order valence-corrected chi connectivity index (χ3v) is 2.77. The van der Waals surface area contributed by atoms with Gasteiger partial charge in [-0.05, 0) is 19.4 Å². The van der Waals surface area contributed by atoms with E-state index in [2.05, 4.69) is 10.1 Å².